The van der Waals surface area contributed by atoms with Gasteiger partial charge in [-0.15, -0.1) is 6.58 Å². The molecule has 0 saturated carbocycles. The van der Waals surface area contributed by atoms with E-state index in [1.165, 1.54) is 6.07 Å². The van der Waals surface area contributed by atoms with E-state index in [-0.39, 0.29) is 10.8 Å². The van der Waals surface area contributed by atoms with Crippen molar-refractivity contribution in [1.82, 2.24) is 9.78 Å². The predicted molar refractivity (Wildman–Crippen MR) is 123 cm³/mol. The highest BCUT2D eigenvalue weighted by molar-refractivity contribution is 7.81. The molecule has 10 heteroatoms. The van der Waals surface area contributed by atoms with Crippen molar-refractivity contribution < 1.29 is 18.0 Å². The first-order valence-corrected chi connectivity index (χ1v) is 10.3. The molecule has 0 N–H and O–H groups in total. The van der Waals surface area contributed by atoms with Crippen molar-refractivity contribution in [3.05, 3.63) is 66.4 Å². The molecule has 1 aliphatic heterocycles. The fraction of sp³-hybridized carbons (Fsp3) is 0.217. The van der Waals surface area contributed by atoms with E-state index in [2.05, 4.69) is 11.7 Å². The van der Waals surface area contributed by atoms with E-state index in [9.17, 15) is 18.0 Å². The molecule has 0 unspecified atom stereocenters. The zero-order valence-electron chi connectivity index (χ0n) is 17.7. The minimum absolute atomic E-state index is 0.0423. The SMILES string of the molecule is C=CCn1ncc2cc(N3C(=S)N(c4ccc(C#N)c(C(F)(F)F)c4)C(=O)C3(C)C)ccc21. The highest BCUT2D eigenvalue weighted by atomic mass is 32.1. The first-order chi connectivity index (χ1) is 15.5. The van der Waals surface area contributed by atoms with Gasteiger partial charge in [-0.25, -0.2) is 0 Å². The third-order valence-corrected chi connectivity index (χ3v) is 5.91. The maximum Gasteiger partial charge on any atom is 0.417 e. The number of anilines is 2. The summed E-state index contributed by atoms with van der Waals surface area (Å²) in [5.74, 6) is -0.479. The van der Waals surface area contributed by atoms with E-state index in [0.717, 1.165) is 27.9 Å². The van der Waals surface area contributed by atoms with Crippen molar-refractivity contribution in [2.24, 2.45) is 0 Å². The average molecular weight is 469 g/mol. The van der Waals surface area contributed by atoms with E-state index in [0.29, 0.717) is 12.2 Å². The van der Waals surface area contributed by atoms with Crippen molar-refractivity contribution >= 4 is 45.5 Å². The Bertz CT molecular complexity index is 1350. The summed E-state index contributed by atoms with van der Waals surface area (Å²) in [6, 6.07) is 10.1. The Labute approximate surface area is 193 Å². The Morgan fingerprint density at radius 1 is 1.21 bits per heavy atom. The molecule has 1 saturated heterocycles. The van der Waals surface area contributed by atoms with Crippen LogP contribution >= 0.6 is 12.2 Å². The number of benzene rings is 2. The standard InChI is InChI=1S/C23H18F3N5OS/c1-4-9-29-19-8-7-17(10-15(19)13-28-29)31-21(33)30(20(32)22(31,2)3)16-6-5-14(12-27)18(11-16)23(24,25)26/h4-8,10-11,13H,1,9H2,2-3H3. The van der Waals surface area contributed by atoms with Gasteiger partial charge in [0.05, 0.1) is 41.1 Å². The van der Waals surface area contributed by atoms with Gasteiger partial charge in [-0.05, 0) is 62.5 Å². The second kappa shape index (κ2) is 7.71. The van der Waals surface area contributed by atoms with Crippen LogP contribution in [0.5, 0.6) is 0 Å². The summed E-state index contributed by atoms with van der Waals surface area (Å²) in [6.45, 7) is 7.55. The summed E-state index contributed by atoms with van der Waals surface area (Å²) in [7, 11) is 0. The largest absolute Gasteiger partial charge is 0.417 e. The third-order valence-electron chi connectivity index (χ3n) is 5.54. The van der Waals surface area contributed by atoms with E-state index in [4.69, 9.17) is 17.5 Å². The van der Waals surface area contributed by atoms with Crippen molar-refractivity contribution in [1.29, 1.82) is 5.26 Å². The lowest BCUT2D eigenvalue weighted by atomic mass is 10.0. The van der Waals surface area contributed by atoms with Crippen LogP contribution in [0.3, 0.4) is 0 Å². The number of aromatic nitrogens is 2. The molecule has 1 aliphatic rings. The monoisotopic (exact) mass is 469 g/mol. The number of rotatable bonds is 4. The van der Waals surface area contributed by atoms with Crippen LogP contribution in [-0.4, -0.2) is 26.3 Å². The molecule has 1 fully saturated rings. The number of hydrogen-bond acceptors (Lipinski definition) is 4. The minimum atomic E-state index is -4.75. The van der Waals surface area contributed by atoms with Gasteiger partial charge >= 0.3 is 6.18 Å². The minimum Gasteiger partial charge on any atom is -0.304 e. The second-order valence-corrected chi connectivity index (χ2v) is 8.38. The number of carbonyl (C=O) groups is 1. The van der Waals surface area contributed by atoms with Crippen LogP contribution in [0.1, 0.15) is 25.0 Å². The highest BCUT2D eigenvalue weighted by Gasteiger charge is 2.50. The van der Waals surface area contributed by atoms with Crippen LogP contribution in [0.15, 0.2) is 55.3 Å². The van der Waals surface area contributed by atoms with Gasteiger partial charge in [0.1, 0.15) is 5.54 Å². The van der Waals surface area contributed by atoms with E-state index in [1.807, 2.05) is 12.1 Å². The first kappa shape index (κ1) is 22.5. The van der Waals surface area contributed by atoms with Crippen molar-refractivity contribution in [3.8, 4) is 6.07 Å². The maximum absolute atomic E-state index is 13.5. The normalized spacial score (nSPS) is 15.9. The topological polar surface area (TPSA) is 65.2 Å². The van der Waals surface area contributed by atoms with Crippen LogP contribution < -0.4 is 9.80 Å². The number of halogens is 3. The summed E-state index contributed by atoms with van der Waals surface area (Å²) in [5.41, 5.74) is -1.38. The Balaban J connectivity index is 1.79. The Kier molecular flexibility index (Phi) is 5.25. The van der Waals surface area contributed by atoms with Crippen molar-refractivity contribution in [3.63, 3.8) is 0 Å². The zero-order valence-corrected chi connectivity index (χ0v) is 18.5. The van der Waals surface area contributed by atoms with Crippen LogP contribution in [0.2, 0.25) is 0 Å². The van der Waals surface area contributed by atoms with Gasteiger partial charge in [-0.3, -0.25) is 14.4 Å². The Morgan fingerprint density at radius 2 is 1.91 bits per heavy atom. The quantitative estimate of drug-likeness (QED) is 0.396. The molecule has 0 spiro atoms. The van der Waals surface area contributed by atoms with Gasteiger partial charge in [-0.2, -0.15) is 23.5 Å². The van der Waals surface area contributed by atoms with Gasteiger partial charge in [-0.1, -0.05) is 6.08 Å². The molecule has 2 heterocycles. The molecule has 33 heavy (non-hydrogen) atoms. The van der Waals surface area contributed by atoms with Crippen LogP contribution in [0.4, 0.5) is 24.5 Å². The third kappa shape index (κ3) is 3.54. The van der Waals surface area contributed by atoms with Gasteiger partial charge in [0, 0.05) is 11.1 Å². The summed E-state index contributed by atoms with van der Waals surface area (Å²) < 4.78 is 42.2. The van der Waals surface area contributed by atoms with Gasteiger partial charge in [0.15, 0.2) is 5.11 Å². The molecule has 0 radical (unpaired) electrons. The lowest BCUT2D eigenvalue weighted by molar-refractivity contribution is -0.137. The molecule has 0 bridgehead atoms. The number of amides is 1. The summed E-state index contributed by atoms with van der Waals surface area (Å²) in [5, 5.41) is 14.2. The number of thiocarbonyl (C=S) groups is 1. The number of nitriles is 1. The highest BCUT2D eigenvalue weighted by Crippen LogP contribution is 2.40. The smallest absolute Gasteiger partial charge is 0.304 e. The fourth-order valence-electron chi connectivity index (χ4n) is 3.94. The van der Waals surface area contributed by atoms with Crippen molar-refractivity contribution in [2.75, 3.05) is 9.80 Å². The van der Waals surface area contributed by atoms with Gasteiger partial charge in [0.2, 0.25) is 0 Å². The summed E-state index contributed by atoms with van der Waals surface area (Å²) >= 11 is 5.57. The van der Waals surface area contributed by atoms with Crippen LogP contribution in [0.25, 0.3) is 10.9 Å². The number of hydrogen-bond donors (Lipinski definition) is 0. The lowest BCUT2D eigenvalue weighted by Crippen LogP contribution is -2.44. The number of fused-ring (bicyclic) bond motifs is 1. The Morgan fingerprint density at radius 3 is 2.55 bits per heavy atom. The number of nitrogens with zero attached hydrogens (tertiary/aromatic N) is 5. The van der Waals surface area contributed by atoms with E-state index < -0.39 is 28.7 Å². The molecular weight excluding hydrogens is 451 g/mol. The van der Waals surface area contributed by atoms with Gasteiger partial charge < -0.3 is 4.90 Å². The van der Waals surface area contributed by atoms with Crippen molar-refractivity contribution in [2.45, 2.75) is 32.1 Å². The van der Waals surface area contributed by atoms with Crippen LogP contribution in [-0.2, 0) is 17.5 Å². The second-order valence-electron chi connectivity index (χ2n) is 8.02. The lowest BCUT2D eigenvalue weighted by Gasteiger charge is -2.29. The molecule has 1 amide bonds. The molecule has 6 nitrogen and oxygen atoms in total. The molecular formula is C23H18F3N5OS. The Hall–Kier alpha value is -3.71. The summed E-state index contributed by atoms with van der Waals surface area (Å²) in [4.78, 5) is 16.0. The maximum atomic E-state index is 13.5. The molecule has 0 aliphatic carbocycles. The van der Waals surface area contributed by atoms with Crippen LogP contribution in [0, 0.1) is 11.3 Å². The number of carbonyl (C=O) groups excluding carboxylic acids is 1. The summed E-state index contributed by atoms with van der Waals surface area (Å²) in [6.07, 6.45) is -1.34. The predicted octanol–water partition coefficient (Wildman–Crippen LogP) is 5.03. The fourth-order valence-corrected chi connectivity index (χ4v) is 4.46. The van der Waals surface area contributed by atoms with E-state index >= 15 is 0 Å². The molecule has 2 aromatic carbocycles. The van der Waals surface area contributed by atoms with Gasteiger partial charge in [0.25, 0.3) is 5.91 Å². The number of alkyl halides is 3. The average Bonchev–Trinajstić information content (AvgIpc) is 3.22. The zero-order chi connectivity index (χ0) is 24.1. The molecule has 168 valence electrons. The molecule has 4 rings (SSSR count). The molecule has 0 atom stereocenters. The molecule has 1 aromatic heterocycles. The molecule has 3 aromatic rings. The number of allylic oxidation sites excluding steroid dienone is 1. The first-order valence-electron chi connectivity index (χ1n) is 9.87. The van der Waals surface area contributed by atoms with E-state index in [1.54, 1.807) is 47.8 Å².